The van der Waals surface area contributed by atoms with Crippen molar-refractivity contribution >= 4 is 40.9 Å². The molecule has 0 radical (unpaired) electrons. The van der Waals surface area contributed by atoms with Crippen molar-refractivity contribution in [3.8, 4) is 0 Å². The molecule has 3 saturated heterocycles. The normalized spacial score (nSPS) is 23.5. The van der Waals surface area contributed by atoms with Gasteiger partial charge in [0.1, 0.15) is 6.04 Å². The fourth-order valence-corrected chi connectivity index (χ4v) is 8.01. The fraction of sp³-hybridized carbons (Fsp3) is 0.528. The van der Waals surface area contributed by atoms with Crippen LogP contribution >= 0.6 is 0 Å². The molecule has 0 bridgehead atoms. The Kier molecular flexibility index (Phi) is 8.98. The second kappa shape index (κ2) is 13.5. The lowest BCUT2D eigenvalue weighted by molar-refractivity contribution is -0.136. The van der Waals surface area contributed by atoms with E-state index in [1.165, 1.54) is 31.4 Å². The number of fused-ring (bicyclic) bond motifs is 1. The van der Waals surface area contributed by atoms with E-state index >= 15 is 0 Å². The molecule has 2 N–H and O–H groups in total. The molecule has 0 aromatic heterocycles. The molecule has 248 valence electrons. The predicted octanol–water partition coefficient (Wildman–Crippen LogP) is 3.33. The number of hydrogen-bond acceptors (Lipinski definition) is 8. The highest BCUT2D eigenvalue weighted by molar-refractivity contribution is 6.23. The summed E-state index contributed by atoms with van der Waals surface area (Å²) in [5.41, 5.74) is 3.43. The quantitative estimate of drug-likeness (QED) is 0.365. The highest BCUT2D eigenvalue weighted by Crippen LogP contribution is 2.32. The van der Waals surface area contributed by atoms with E-state index in [1.807, 2.05) is 18.2 Å². The predicted molar refractivity (Wildman–Crippen MR) is 178 cm³/mol. The highest BCUT2D eigenvalue weighted by Gasteiger charge is 2.45. The SMILES string of the molecule is O=C1CCC(N2C(=O)c3ccc(N4CCN(C5CCN(c6ccc(C(=O)NC7CCCCCC7)cc6)CC5)CC4)cc3C2=O)C(=O)N1. The molecule has 47 heavy (non-hydrogen) atoms. The minimum atomic E-state index is -0.958. The van der Waals surface area contributed by atoms with Gasteiger partial charge in [-0.05, 0) is 74.6 Å². The van der Waals surface area contributed by atoms with Crippen molar-refractivity contribution in [2.75, 3.05) is 49.1 Å². The largest absolute Gasteiger partial charge is 0.371 e. The molecule has 4 fully saturated rings. The summed E-state index contributed by atoms with van der Waals surface area (Å²) < 4.78 is 0. The zero-order valence-electron chi connectivity index (χ0n) is 26.9. The minimum Gasteiger partial charge on any atom is -0.371 e. The van der Waals surface area contributed by atoms with E-state index in [1.54, 1.807) is 12.1 Å². The maximum atomic E-state index is 13.3. The zero-order valence-corrected chi connectivity index (χ0v) is 26.9. The topological polar surface area (TPSA) is 122 Å². The summed E-state index contributed by atoms with van der Waals surface area (Å²) in [4.78, 5) is 71.4. The van der Waals surface area contributed by atoms with E-state index in [4.69, 9.17) is 0 Å². The maximum Gasteiger partial charge on any atom is 0.262 e. The van der Waals surface area contributed by atoms with Gasteiger partial charge in [0.05, 0.1) is 11.1 Å². The molecule has 1 aliphatic carbocycles. The van der Waals surface area contributed by atoms with Gasteiger partial charge in [0.15, 0.2) is 0 Å². The molecule has 11 nitrogen and oxygen atoms in total. The van der Waals surface area contributed by atoms with Crippen LogP contribution in [0.15, 0.2) is 42.5 Å². The minimum absolute atomic E-state index is 0.0375. The Morgan fingerprint density at radius 3 is 2.00 bits per heavy atom. The van der Waals surface area contributed by atoms with Gasteiger partial charge in [0.25, 0.3) is 17.7 Å². The van der Waals surface area contributed by atoms with Crippen LogP contribution in [0.4, 0.5) is 11.4 Å². The number of carbonyl (C=O) groups excluding carboxylic acids is 5. The van der Waals surface area contributed by atoms with Crippen LogP contribution in [-0.2, 0) is 9.59 Å². The van der Waals surface area contributed by atoms with Gasteiger partial charge in [-0.25, -0.2) is 0 Å². The summed E-state index contributed by atoms with van der Waals surface area (Å²) in [6.45, 7) is 5.43. The summed E-state index contributed by atoms with van der Waals surface area (Å²) in [5.74, 6) is -1.89. The Balaban J connectivity index is 0.895. The first-order valence-corrected chi connectivity index (χ1v) is 17.4. The van der Waals surface area contributed by atoms with Gasteiger partial charge >= 0.3 is 0 Å². The van der Waals surface area contributed by atoms with E-state index in [0.29, 0.717) is 23.2 Å². The number of carbonyl (C=O) groups is 5. The molecular formula is C36H44N6O5. The van der Waals surface area contributed by atoms with E-state index < -0.39 is 23.8 Å². The summed E-state index contributed by atoms with van der Waals surface area (Å²) in [5, 5.41) is 5.49. The van der Waals surface area contributed by atoms with Gasteiger partial charge in [-0.15, -0.1) is 0 Å². The van der Waals surface area contributed by atoms with Crippen LogP contribution in [0.5, 0.6) is 0 Å². The Morgan fingerprint density at radius 1 is 0.681 bits per heavy atom. The number of amides is 5. The lowest BCUT2D eigenvalue weighted by atomic mass is 10.0. The second-order valence-corrected chi connectivity index (χ2v) is 13.6. The number of piperazine rings is 1. The molecule has 4 aliphatic heterocycles. The first-order valence-electron chi connectivity index (χ1n) is 17.4. The van der Waals surface area contributed by atoms with Crippen LogP contribution in [-0.4, -0.2) is 96.7 Å². The van der Waals surface area contributed by atoms with Crippen molar-refractivity contribution in [1.29, 1.82) is 0 Å². The van der Waals surface area contributed by atoms with E-state index in [-0.39, 0.29) is 24.7 Å². The number of rotatable bonds is 6. The Morgan fingerprint density at radius 2 is 1.32 bits per heavy atom. The number of imide groups is 2. The molecule has 11 heteroatoms. The van der Waals surface area contributed by atoms with Crippen molar-refractivity contribution < 1.29 is 24.0 Å². The number of nitrogens with zero attached hydrogens (tertiary/aromatic N) is 4. The number of benzene rings is 2. The maximum absolute atomic E-state index is 13.3. The molecule has 0 spiro atoms. The van der Waals surface area contributed by atoms with Gasteiger partial charge in [-0.2, -0.15) is 0 Å². The Bertz CT molecular complexity index is 1540. The second-order valence-electron chi connectivity index (χ2n) is 13.6. The van der Waals surface area contributed by atoms with Crippen LogP contribution in [0.25, 0.3) is 0 Å². The van der Waals surface area contributed by atoms with Crippen LogP contribution < -0.4 is 20.4 Å². The van der Waals surface area contributed by atoms with Crippen molar-refractivity contribution in [2.45, 2.75) is 82.3 Å². The number of hydrogen-bond donors (Lipinski definition) is 2. The van der Waals surface area contributed by atoms with Crippen LogP contribution in [0.3, 0.4) is 0 Å². The lowest BCUT2D eigenvalue weighted by Gasteiger charge is -2.44. The molecule has 5 aliphatic rings. The lowest BCUT2D eigenvalue weighted by Crippen LogP contribution is -2.54. The first kappa shape index (κ1) is 31.4. The number of piperidine rings is 2. The third-order valence-electron chi connectivity index (χ3n) is 10.8. The third kappa shape index (κ3) is 6.50. The first-order chi connectivity index (χ1) is 22.9. The fourth-order valence-electron chi connectivity index (χ4n) is 8.01. The van der Waals surface area contributed by atoms with Gasteiger partial charge in [-0.1, -0.05) is 25.7 Å². The van der Waals surface area contributed by atoms with E-state index in [0.717, 1.165) is 81.1 Å². The molecule has 1 unspecified atom stereocenters. The number of anilines is 2. The van der Waals surface area contributed by atoms with Crippen molar-refractivity contribution in [1.82, 2.24) is 20.4 Å². The highest BCUT2D eigenvalue weighted by atomic mass is 16.2. The molecule has 5 amide bonds. The van der Waals surface area contributed by atoms with Gasteiger partial charge in [0.2, 0.25) is 11.8 Å². The Hall–Kier alpha value is -4.25. The smallest absolute Gasteiger partial charge is 0.262 e. The van der Waals surface area contributed by atoms with Gasteiger partial charge in [0, 0.05) is 74.7 Å². The van der Waals surface area contributed by atoms with Crippen LogP contribution in [0.1, 0.15) is 95.3 Å². The van der Waals surface area contributed by atoms with Gasteiger partial charge in [-0.3, -0.25) is 39.1 Å². The average Bonchev–Trinajstić information content (AvgIpc) is 3.23. The Labute approximate surface area is 275 Å². The van der Waals surface area contributed by atoms with Crippen LogP contribution in [0, 0.1) is 0 Å². The van der Waals surface area contributed by atoms with Crippen molar-refractivity contribution in [3.63, 3.8) is 0 Å². The summed E-state index contributed by atoms with van der Waals surface area (Å²) >= 11 is 0. The summed E-state index contributed by atoms with van der Waals surface area (Å²) in [6, 6.07) is 13.3. The van der Waals surface area contributed by atoms with E-state index in [2.05, 4.69) is 37.5 Å². The van der Waals surface area contributed by atoms with Crippen molar-refractivity contribution in [2.24, 2.45) is 0 Å². The van der Waals surface area contributed by atoms with Crippen LogP contribution in [0.2, 0.25) is 0 Å². The summed E-state index contributed by atoms with van der Waals surface area (Å²) in [7, 11) is 0. The molecule has 2 aromatic carbocycles. The summed E-state index contributed by atoms with van der Waals surface area (Å²) in [6.07, 6.45) is 9.51. The molecule has 1 saturated carbocycles. The molecule has 2 aromatic rings. The zero-order chi connectivity index (χ0) is 32.5. The standard InChI is InChI=1S/C36H44N6O5/c43-32-14-13-31(34(45)38-32)42-35(46)29-12-11-28(23-30(29)36(42)47)41-21-19-40(20-22-41)27-15-17-39(18-16-27)26-9-7-24(8-10-26)33(44)37-25-5-3-1-2-4-6-25/h7-12,23,25,27,31H,1-6,13-22H2,(H,37,44)(H,38,43,45). The molecular weight excluding hydrogens is 596 g/mol. The van der Waals surface area contributed by atoms with Crippen molar-refractivity contribution in [3.05, 3.63) is 59.2 Å². The monoisotopic (exact) mass is 640 g/mol. The molecule has 1 atom stereocenters. The van der Waals surface area contributed by atoms with E-state index in [9.17, 15) is 24.0 Å². The van der Waals surface area contributed by atoms with Gasteiger partial charge < -0.3 is 15.1 Å². The third-order valence-corrected chi connectivity index (χ3v) is 10.8. The average molecular weight is 641 g/mol. The molecule has 7 rings (SSSR count). The molecule has 4 heterocycles. The number of nitrogens with one attached hydrogen (secondary N) is 2.